The first-order chi connectivity index (χ1) is 5.96. The third kappa shape index (κ3) is 3.72. The fraction of sp³-hybridized carbons (Fsp3) is 0.889. The molecule has 0 spiro atoms. The molecule has 78 valence electrons. The lowest BCUT2D eigenvalue weighted by Gasteiger charge is -2.26. The van der Waals surface area contributed by atoms with Gasteiger partial charge >= 0.3 is 5.97 Å². The summed E-state index contributed by atoms with van der Waals surface area (Å²) < 4.78 is 12.1. The molecule has 0 aromatic carbocycles. The third-order valence-corrected chi connectivity index (χ3v) is 2.38. The molecule has 0 aliphatic carbocycles. The maximum absolute atomic E-state index is 12.1. The molecular formula is C9H18FNO2. The molecule has 0 heterocycles. The molecule has 13 heavy (non-hydrogen) atoms. The number of alkyl halides is 1. The monoisotopic (exact) mass is 191 g/mol. The number of rotatable bonds is 6. The molecule has 0 amide bonds. The van der Waals surface area contributed by atoms with E-state index < -0.39 is 18.2 Å². The first kappa shape index (κ1) is 12.4. The summed E-state index contributed by atoms with van der Waals surface area (Å²) in [6, 6.07) is 0. The van der Waals surface area contributed by atoms with Gasteiger partial charge in [-0.25, -0.2) is 0 Å². The van der Waals surface area contributed by atoms with Crippen LogP contribution in [0.2, 0.25) is 0 Å². The summed E-state index contributed by atoms with van der Waals surface area (Å²) in [4.78, 5) is 10.8. The zero-order valence-corrected chi connectivity index (χ0v) is 8.22. The van der Waals surface area contributed by atoms with Gasteiger partial charge in [0, 0.05) is 6.42 Å². The lowest BCUT2D eigenvalue weighted by atomic mass is 9.85. The highest BCUT2D eigenvalue weighted by atomic mass is 19.1. The highest BCUT2D eigenvalue weighted by Crippen LogP contribution is 2.20. The minimum absolute atomic E-state index is 0.104. The van der Waals surface area contributed by atoms with Crippen LogP contribution in [0.25, 0.3) is 0 Å². The molecule has 0 aliphatic heterocycles. The smallest absolute Gasteiger partial charge is 0.323 e. The molecule has 0 rings (SSSR count). The Morgan fingerprint density at radius 2 is 2.23 bits per heavy atom. The Morgan fingerprint density at radius 3 is 2.54 bits per heavy atom. The van der Waals surface area contributed by atoms with Crippen molar-refractivity contribution < 1.29 is 14.3 Å². The molecule has 2 atom stereocenters. The zero-order chi connectivity index (χ0) is 10.5. The highest BCUT2D eigenvalue weighted by Gasteiger charge is 2.34. The topological polar surface area (TPSA) is 63.3 Å². The van der Waals surface area contributed by atoms with Crippen LogP contribution < -0.4 is 5.73 Å². The highest BCUT2D eigenvalue weighted by molar-refractivity contribution is 5.78. The fourth-order valence-corrected chi connectivity index (χ4v) is 1.23. The van der Waals surface area contributed by atoms with Gasteiger partial charge < -0.3 is 10.8 Å². The van der Waals surface area contributed by atoms with Gasteiger partial charge in [-0.05, 0) is 12.3 Å². The van der Waals surface area contributed by atoms with E-state index in [1.54, 1.807) is 0 Å². The van der Waals surface area contributed by atoms with Crippen LogP contribution in [0.1, 0.15) is 33.1 Å². The van der Waals surface area contributed by atoms with E-state index in [0.29, 0.717) is 6.42 Å². The van der Waals surface area contributed by atoms with Crippen LogP contribution in [0, 0.1) is 5.92 Å². The molecule has 0 saturated carbocycles. The maximum Gasteiger partial charge on any atom is 0.323 e. The van der Waals surface area contributed by atoms with E-state index in [1.165, 1.54) is 0 Å². The summed E-state index contributed by atoms with van der Waals surface area (Å²) >= 11 is 0. The summed E-state index contributed by atoms with van der Waals surface area (Å²) in [5.41, 5.74) is 4.20. The Balaban J connectivity index is 4.32. The Kier molecular flexibility index (Phi) is 4.91. The van der Waals surface area contributed by atoms with Crippen molar-refractivity contribution in [1.82, 2.24) is 0 Å². The van der Waals surface area contributed by atoms with Gasteiger partial charge in [-0.3, -0.25) is 9.18 Å². The average molecular weight is 191 g/mol. The minimum atomic E-state index is -1.38. The van der Waals surface area contributed by atoms with Gasteiger partial charge in [0.15, 0.2) is 0 Å². The summed E-state index contributed by atoms with van der Waals surface area (Å²) in [5, 5.41) is 8.82. The summed E-state index contributed by atoms with van der Waals surface area (Å²) in [7, 11) is 0. The molecule has 0 aromatic heterocycles. The van der Waals surface area contributed by atoms with Crippen LogP contribution in [0.5, 0.6) is 0 Å². The van der Waals surface area contributed by atoms with Crippen LogP contribution in [0.4, 0.5) is 4.39 Å². The van der Waals surface area contributed by atoms with Gasteiger partial charge in [-0.15, -0.1) is 0 Å². The number of hydrogen-bond acceptors (Lipinski definition) is 2. The summed E-state index contributed by atoms with van der Waals surface area (Å²) in [6.45, 7) is 3.20. The van der Waals surface area contributed by atoms with Gasteiger partial charge in [0.25, 0.3) is 0 Å². The summed E-state index contributed by atoms with van der Waals surface area (Å²) in [5.74, 6) is -0.891. The minimum Gasteiger partial charge on any atom is -0.480 e. The predicted octanol–water partition coefficient (Wildman–Crippen LogP) is 1.56. The fourth-order valence-electron chi connectivity index (χ4n) is 1.23. The Morgan fingerprint density at radius 1 is 1.69 bits per heavy atom. The van der Waals surface area contributed by atoms with Gasteiger partial charge in [-0.1, -0.05) is 20.3 Å². The second-order valence-electron chi connectivity index (χ2n) is 3.62. The number of aliphatic carboxylic acids is 1. The number of hydrogen-bond donors (Lipinski definition) is 2. The van der Waals surface area contributed by atoms with E-state index in [-0.39, 0.29) is 12.3 Å². The lowest BCUT2D eigenvalue weighted by molar-refractivity contribution is -0.144. The number of halogens is 1. The van der Waals surface area contributed by atoms with Gasteiger partial charge in [0.05, 0.1) is 6.67 Å². The molecule has 0 bridgehead atoms. The maximum atomic E-state index is 12.1. The van der Waals surface area contributed by atoms with Crippen LogP contribution >= 0.6 is 0 Å². The molecule has 0 radical (unpaired) electrons. The molecule has 3 N–H and O–H groups in total. The van der Waals surface area contributed by atoms with E-state index in [0.717, 1.165) is 6.42 Å². The average Bonchev–Trinajstić information content (AvgIpc) is 2.04. The van der Waals surface area contributed by atoms with Crippen molar-refractivity contribution in [3.05, 3.63) is 0 Å². The Hall–Kier alpha value is -0.640. The first-order valence-electron chi connectivity index (χ1n) is 4.54. The third-order valence-electron chi connectivity index (χ3n) is 2.38. The van der Waals surface area contributed by atoms with Gasteiger partial charge in [0.1, 0.15) is 5.54 Å². The molecule has 0 fully saturated rings. The van der Waals surface area contributed by atoms with Crippen LogP contribution in [-0.2, 0) is 4.79 Å². The van der Waals surface area contributed by atoms with Crippen LogP contribution in [0.3, 0.4) is 0 Å². The second-order valence-corrected chi connectivity index (χ2v) is 3.62. The summed E-state index contributed by atoms with van der Waals surface area (Å²) in [6.07, 6.45) is 1.09. The van der Waals surface area contributed by atoms with Crippen molar-refractivity contribution in [2.45, 2.75) is 38.6 Å². The van der Waals surface area contributed by atoms with Crippen LogP contribution in [-0.4, -0.2) is 23.3 Å². The molecule has 0 aromatic rings. The van der Waals surface area contributed by atoms with Crippen molar-refractivity contribution in [2.24, 2.45) is 11.7 Å². The van der Waals surface area contributed by atoms with E-state index in [9.17, 15) is 9.18 Å². The standard InChI is InChI=1S/C9H18FNO2/c1-3-7(2)6-9(11,4-5-10)8(12)13/h7H,3-6,11H2,1-2H3,(H,12,13)/t7-,9+/m1/s1. The predicted molar refractivity (Wildman–Crippen MR) is 49.2 cm³/mol. The Bertz CT molecular complexity index is 175. The molecule has 4 heteroatoms. The number of carboxylic acid groups (broad SMARTS) is 1. The molecule has 0 saturated heterocycles. The normalized spacial score (nSPS) is 17.8. The first-order valence-corrected chi connectivity index (χ1v) is 4.54. The van der Waals surface area contributed by atoms with Crippen molar-refractivity contribution in [2.75, 3.05) is 6.67 Å². The second kappa shape index (κ2) is 5.17. The number of carboxylic acids is 1. The lowest BCUT2D eigenvalue weighted by Crippen LogP contribution is -2.49. The van der Waals surface area contributed by atoms with Crippen molar-refractivity contribution in [3.8, 4) is 0 Å². The SMILES string of the molecule is CC[C@@H](C)C[C@@](N)(CCF)C(=O)O. The Labute approximate surface area is 78.1 Å². The molecule has 3 nitrogen and oxygen atoms in total. The van der Waals surface area contributed by atoms with Crippen molar-refractivity contribution in [3.63, 3.8) is 0 Å². The number of carbonyl (C=O) groups is 1. The van der Waals surface area contributed by atoms with Gasteiger partial charge in [0.2, 0.25) is 0 Å². The zero-order valence-electron chi connectivity index (χ0n) is 8.22. The quantitative estimate of drug-likeness (QED) is 0.669. The number of nitrogens with two attached hydrogens (primary N) is 1. The largest absolute Gasteiger partial charge is 0.480 e. The van der Waals surface area contributed by atoms with E-state index >= 15 is 0 Å². The molecule has 0 aliphatic rings. The van der Waals surface area contributed by atoms with E-state index in [1.807, 2.05) is 13.8 Å². The molecular weight excluding hydrogens is 173 g/mol. The van der Waals surface area contributed by atoms with Crippen molar-refractivity contribution >= 4 is 5.97 Å². The molecule has 0 unspecified atom stereocenters. The van der Waals surface area contributed by atoms with Gasteiger partial charge in [-0.2, -0.15) is 0 Å². The van der Waals surface area contributed by atoms with E-state index in [4.69, 9.17) is 10.8 Å². The van der Waals surface area contributed by atoms with E-state index in [2.05, 4.69) is 0 Å². The van der Waals surface area contributed by atoms with Crippen molar-refractivity contribution in [1.29, 1.82) is 0 Å². The van der Waals surface area contributed by atoms with Crippen LogP contribution in [0.15, 0.2) is 0 Å².